The van der Waals surface area contributed by atoms with Gasteiger partial charge in [0.1, 0.15) is 0 Å². The van der Waals surface area contributed by atoms with Crippen LogP contribution in [0.1, 0.15) is 104 Å². The Kier molecular flexibility index (Phi) is 9.63. The molecule has 0 aromatic heterocycles. The molecule has 0 amide bonds. The van der Waals surface area contributed by atoms with E-state index in [4.69, 9.17) is 13.0 Å². The van der Waals surface area contributed by atoms with Gasteiger partial charge in [-0.05, 0) is 133 Å². The SMILES string of the molecule is C#Cc1ccc(CC2CCC(C(C(=C)CCc3ccccc3)c3ccc(C4=CC(C)C=C4)cc3)CC2)cc1C1CCC2C=CC=C2C1. The van der Waals surface area contributed by atoms with Gasteiger partial charge >= 0.3 is 0 Å². The highest BCUT2D eigenvalue weighted by molar-refractivity contribution is 5.76. The van der Waals surface area contributed by atoms with Gasteiger partial charge in [-0.2, -0.15) is 0 Å². The van der Waals surface area contributed by atoms with Crippen LogP contribution in [-0.2, 0) is 12.8 Å². The molecule has 47 heavy (non-hydrogen) atoms. The number of hydrogen-bond donors (Lipinski definition) is 0. The third kappa shape index (κ3) is 7.26. The van der Waals surface area contributed by atoms with E-state index in [0.29, 0.717) is 29.6 Å². The molecular weight excluding hydrogens is 565 g/mol. The summed E-state index contributed by atoms with van der Waals surface area (Å²) in [5.41, 5.74) is 12.5. The summed E-state index contributed by atoms with van der Waals surface area (Å²) in [6.07, 6.45) is 32.0. The van der Waals surface area contributed by atoms with Crippen molar-refractivity contribution in [1.82, 2.24) is 0 Å². The average Bonchev–Trinajstić information content (AvgIpc) is 3.77. The fourth-order valence-electron chi connectivity index (χ4n) is 9.03. The van der Waals surface area contributed by atoms with Gasteiger partial charge < -0.3 is 0 Å². The molecule has 4 unspecified atom stereocenters. The van der Waals surface area contributed by atoms with E-state index in [1.165, 1.54) is 83.9 Å². The first kappa shape index (κ1) is 31.5. The molecule has 0 N–H and O–H groups in total. The Morgan fingerprint density at radius 2 is 1.70 bits per heavy atom. The maximum Gasteiger partial charge on any atom is 0.0277 e. The van der Waals surface area contributed by atoms with E-state index in [9.17, 15) is 0 Å². The number of fused-ring (bicyclic) bond motifs is 1. The third-order valence-corrected chi connectivity index (χ3v) is 11.7. The van der Waals surface area contributed by atoms with Crippen LogP contribution in [0, 0.1) is 36.0 Å². The second-order valence-electron chi connectivity index (χ2n) is 14.8. The Morgan fingerprint density at radius 1 is 0.894 bits per heavy atom. The molecule has 0 bridgehead atoms. The van der Waals surface area contributed by atoms with Gasteiger partial charge in [-0.3, -0.25) is 0 Å². The molecule has 0 radical (unpaired) electrons. The highest BCUT2D eigenvalue weighted by Crippen LogP contribution is 2.45. The summed E-state index contributed by atoms with van der Waals surface area (Å²) in [5.74, 6) is 6.56. The molecule has 0 spiro atoms. The van der Waals surface area contributed by atoms with Crippen LogP contribution < -0.4 is 0 Å². The summed E-state index contributed by atoms with van der Waals surface area (Å²) >= 11 is 0. The molecule has 0 heterocycles. The van der Waals surface area contributed by atoms with Crippen LogP contribution in [0.2, 0.25) is 0 Å². The number of rotatable bonds is 10. The molecule has 0 aliphatic heterocycles. The topological polar surface area (TPSA) is 0 Å². The minimum absolute atomic E-state index is 0.414. The predicted molar refractivity (Wildman–Crippen MR) is 200 cm³/mol. The van der Waals surface area contributed by atoms with E-state index in [1.807, 2.05) is 0 Å². The standard InChI is InChI=1S/C47H50/c1-4-38-20-18-37(31-46(38)45-28-25-39-11-8-12-43(39)32-45)30-36-16-21-41(22-17-36)47(34(3)14-15-35-9-6-5-7-10-35)42-26-23-40(24-27-42)44-19-13-33(2)29-44/h1,5-13,18-20,23-24,26-27,29,31,33,36,39,41,45,47H,3,14-17,21-22,25,28,30,32H2,2H3. The Bertz CT molecular complexity index is 1730. The Hall–Kier alpha value is -4.08. The fourth-order valence-corrected chi connectivity index (χ4v) is 9.03. The van der Waals surface area contributed by atoms with E-state index in [0.717, 1.165) is 30.7 Å². The van der Waals surface area contributed by atoms with Crippen LogP contribution in [0.25, 0.3) is 5.57 Å². The number of benzene rings is 3. The molecule has 0 heteroatoms. The Balaban J connectivity index is 1.04. The van der Waals surface area contributed by atoms with Gasteiger partial charge in [-0.1, -0.05) is 134 Å². The first-order chi connectivity index (χ1) is 23.0. The van der Waals surface area contributed by atoms with E-state index in [2.05, 4.69) is 122 Å². The van der Waals surface area contributed by atoms with E-state index in [-0.39, 0.29) is 0 Å². The van der Waals surface area contributed by atoms with Gasteiger partial charge in [0.25, 0.3) is 0 Å². The monoisotopic (exact) mass is 614 g/mol. The van der Waals surface area contributed by atoms with E-state index < -0.39 is 0 Å². The zero-order chi connectivity index (χ0) is 32.2. The number of allylic oxidation sites excluding steroid dienone is 9. The van der Waals surface area contributed by atoms with Gasteiger partial charge in [0.2, 0.25) is 0 Å². The summed E-state index contributed by atoms with van der Waals surface area (Å²) in [4.78, 5) is 0. The number of terminal acetylenes is 1. The molecule has 0 saturated heterocycles. The van der Waals surface area contributed by atoms with Crippen molar-refractivity contribution < 1.29 is 0 Å². The number of hydrogen-bond acceptors (Lipinski definition) is 0. The lowest BCUT2D eigenvalue weighted by Crippen LogP contribution is -2.23. The average molecular weight is 615 g/mol. The van der Waals surface area contributed by atoms with Crippen LogP contribution in [-0.4, -0.2) is 0 Å². The van der Waals surface area contributed by atoms with Crippen LogP contribution >= 0.6 is 0 Å². The van der Waals surface area contributed by atoms with Crippen molar-refractivity contribution in [3.05, 3.63) is 160 Å². The zero-order valence-corrected chi connectivity index (χ0v) is 28.2. The van der Waals surface area contributed by atoms with Crippen molar-refractivity contribution in [2.24, 2.45) is 23.7 Å². The van der Waals surface area contributed by atoms with Crippen molar-refractivity contribution in [3.8, 4) is 12.3 Å². The number of aryl methyl sites for hydroxylation is 1. The van der Waals surface area contributed by atoms with Crippen molar-refractivity contribution in [2.75, 3.05) is 0 Å². The Morgan fingerprint density at radius 3 is 2.45 bits per heavy atom. The van der Waals surface area contributed by atoms with Gasteiger partial charge in [-0.25, -0.2) is 0 Å². The van der Waals surface area contributed by atoms with Gasteiger partial charge in [0, 0.05) is 11.5 Å². The first-order valence-electron chi connectivity index (χ1n) is 18.2. The van der Waals surface area contributed by atoms with E-state index in [1.54, 1.807) is 5.57 Å². The zero-order valence-electron chi connectivity index (χ0n) is 28.2. The molecule has 4 aliphatic carbocycles. The van der Waals surface area contributed by atoms with Crippen LogP contribution in [0.4, 0.5) is 0 Å². The summed E-state index contributed by atoms with van der Waals surface area (Å²) in [7, 11) is 0. The quantitative estimate of drug-likeness (QED) is 0.157. The smallest absolute Gasteiger partial charge is 0.0277 e. The summed E-state index contributed by atoms with van der Waals surface area (Å²) in [6.45, 7) is 7.02. The van der Waals surface area contributed by atoms with Crippen molar-refractivity contribution >= 4 is 5.57 Å². The summed E-state index contributed by atoms with van der Waals surface area (Å²) in [6, 6.07) is 27.4. The molecule has 0 nitrogen and oxygen atoms in total. The predicted octanol–water partition coefficient (Wildman–Crippen LogP) is 12.0. The summed E-state index contributed by atoms with van der Waals surface area (Å²) < 4.78 is 0. The molecular formula is C47H50. The van der Waals surface area contributed by atoms with Crippen molar-refractivity contribution in [1.29, 1.82) is 0 Å². The molecule has 2 saturated carbocycles. The second kappa shape index (κ2) is 14.4. The highest BCUT2D eigenvalue weighted by atomic mass is 14.4. The molecule has 2 fully saturated rings. The van der Waals surface area contributed by atoms with Gasteiger partial charge in [0.05, 0.1) is 0 Å². The summed E-state index contributed by atoms with van der Waals surface area (Å²) in [5, 5.41) is 0. The first-order valence-corrected chi connectivity index (χ1v) is 18.2. The molecule has 4 aliphatic rings. The van der Waals surface area contributed by atoms with Crippen molar-refractivity contribution in [2.45, 2.75) is 83.0 Å². The van der Waals surface area contributed by atoms with Crippen molar-refractivity contribution in [3.63, 3.8) is 0 Å². The van der Waals surface area contributed by atoms with Crippen LogP contribution in [0.15, 0.2) is 127 Å². The maximum atomic E-state index is 6.02. The second-order valence-corrected chi connectivity index (χ2v) is 14.8. The minimum atomic E-state index is 0.414. The largest absolute Gasteiger partial charge is 0.115 e. The van der Waals surface area contributed by atoms with E-state index >= 15 is 0 Å². The van der Waals surface area contributed by atoms with Gasteiger partial charge in [-0.15, -0.1) is 6.42 Å². The lowest BCUT2D eigenvalue weighted by Gasteiger charge is -2.36. The van der Waals surface area contributed by atoms with Gasteiger partial charge in [0.15, 0.2) is 0 Å². The molecule has 4 atom stereocenters. The van der Waals surface area contributed by atoms with Crippen LogP contribution in [0.5, 0.6) is 0 Å². The molecule has 7 rings (SSSR count). The van der Waals surface area contributed by atoms with Crippen LogP contribution in [0.3, 0.4) is 0 Å². The Labute approximate surface area is 284 Å². The lowest BCUT2D eigenvalue weighted by molar-refractivity contribution is 0.252. The fraction of sp³-hybridized carbons (Fsp3) is 0.362. The molecule has 238 valence electrons. The normalized spacial score (nSPS) is 25.5. The molecule has 3 aromatic rings. The molecule has 3 aromatic carbocycles. The maximum absolute atomic E-state index is 6.02. The lowest BCUT2D eigenvalue weighted by atomic mass is 9.69. The highest BCUT2D eigenvalue weighted by Gasteiger charge is 2.31. The third-order valence-electron chi connectivity index (χ3n) is 11.7. The minimum Gasteiger partial charge on any atom is -0.115 e.